The average Bonchev–Trinajstić information content (AvgIpc) is 2.95. The van der Waals surface area contributed by atoms with E-state index in [9.17, 15) is 32.4 Å². The molecule has 12 nitrogen and oxygen atoms in total. The monoisotopic (exact) mass is 604 g/mol. The van der Waals surface area contributed by atoms with E-state index in [4.69, 9.17) is 9.47 Å². The Hall–Kier alpha value is -4.17. The van der Waals surface area contributed by atoms with Crippen LogP contribution in [0, 0.1) is 0 Å². The molecule has 218 valence electrons. The third kappa shape index (κ3) is 7.52. The fraction of sp³-hybridized carbons (Fsp3) is 0.296. The molecule has 4 unspecified atom stereocenters. The Morgan fingerprint density at radius 3 is 2.12 bits per heavy atom. The molecule has 1 heterocycles. The minimum Gasteiger partial charge on any atom is -0.484 e. The van der Waals surface area contributed by atoms with Gasteiger partial charge in [0.25, 0.3) is 12.0 Å². The Morgan fingerprint density at radius 2 is 1.59 bits per heavy atom. The first-order valence-electron chi connectivity index (χ1n) is 12.1. The second kappa shape index (κ2) is 13.5. The highest BCUT2D eigenvalue weighted by Gasteiger charge is 2.56. The Labute approximate surface area is 240 Å². The van der Waals surface area contributed by atoms with Crippen molar-refractivity contribution in [1.82, 2.24) is 10.2 Å². The number of ether oxygens (including phenoxy) is 3. The highest BCUT2D eigenvalue weighted by molar-refractivity contribution is 8.72. The molecule has 2 aromatic carbocycles. The molecular formula is C27H28N2O10S2. The maximum Gasteiger partial charge on any atom is 0.355 e. The second-order valence-corrected chi connectivity index (χ2v) is 12.8. The normalized spacial score (nSPS) is 17.8. The summed E-state index contributed by atoms with van der Waals surface area (Å²) in [6.45, 7) is 5.63. The van der Waals surface area contributed by atoms with E-state index in [0.29, 0.717) is 16.5 Å². The molecule has 0 radical (unpaired) electrons. The number of carbonyl (C=O) groups is 5. The van der Waals surface area contributed by atoms with Crippen molar-refractivity contribution in [2.45, 2.75) is 42.3 Å². The number of carbonyl (C=O) groups excluding carboxylic acids is 5. The van der Waals surface area contributed by atoms with Crippen molar-refractivity contribution in [3.05, 3.63) is 72.8 Å². The third-order valence-electron chi connectivity index (χ3n) is 5.75. The van der Waals surface area contributed by atoms with Crippen molar-refractivity contribution in [2.75, 3.05) is 13.7 Å². The fourth-order valence-corrected chi connectivity index (χ4v) is 7.32. The number of Topliss-reactive ketones (excluding diaryl/α,β-unsaturated/α-hetero) is 1. The molecule has 1 aliphatic heterocycles. The molecule has 0 bridgehead atoms. The first kappa shape index (κ1) is 31.4. The Balaban J connectivity index is 1.89. The number of methoxy groups -OCH3 is 1. The van der Waals surface area contributed by atoms with Gasteiger partial charge in [0.15, 0.2) is 18.4 Å². The molecule has 14 heteroatoms. The van der Waals surface area contributed by atoms with Crippen molar-refractivity contribution in [1.29, 1.82) is 0 Å². The summed E-state index contributed by atoms with van der Waals surface area (Å²) in [4.78, 5) is 63.8. The lowest BCUT2D eigenvalue weighted by molar-refractivity contribution is -0.175. The van der Waals surface area contributed by atoms with E-state index in [-0.39, 0.29) is 10.5 Å². The molecule has 2 aromatic rings. The molecular weight excluding hydrogens is 576 g/mol. The lowest BCUT2D eigenvalue weighted by Gasteiger charge is -2.49. The first-order valence-corrected chi connectivity index (χ1v) is 15.0. The van der Waals surface area contributed by atoms with Crippen molar-refractivity contribution >= 4 is 49.2 Å². The zero-order valence-electron chi connectivity index (χ0n) is 22.3. The molecule has 2 amide bonds. The van der Waals surface area contributed by atoms with Crippen molar-refractivity contribution in [2.24, 2.45) is 0 Å². The summed E-state index contributed by atoms with van der Waals surface area (Å²) >= 11 is 0. The summed E-state index contributed by atoms with van der Waals surface area (Å²) in [5, 5.41) is 1.14. The SMILES string of the molecule is C=C(C)C(C(=O)OC(C(C)=O)C(=O)OC)N1C(=O)C(NC(=O)COc2ccccc2)C1SS(=O)(=O)c1ccccc1. The lowest BCUT2D eigenvalue weighted by atomic mass is 9.99. The van der Waals surface area contributed by atoms with Crippen LogP contribution >= 0.6 is 10.8 Å². The summed E-state index contributed by atoms with van der Waals surface area (Å²) in [6.07, 6.45) is -1.91. The molecule has 0 saturated carbocycles. The number of esters is 2. The van der Waals surface area contributed by atoms with E-state index in [2.05, 4.69) is 16.6 Å². The molecule has 3 rings (SSSR count). The summed E-state index contributed by atoms with van der Waals surface area (Å²) in [5.74, 6) is -4.31. The van der Waals surface area contributed by atoms with Gasteiger partial charge in [-0.15, -0.1) is 0 Å². The van der Waals surface area contributed by atoms with Gasteiger partial charge in [0.2, 0.25) is 14.8 Å². The number of ketones is 1. The predicted octanol–water partition coefficient (Wildman–Crippen LogP) is 1.46. The maximum atomic E-state index is 13.3. The minimum absolute atomic E-state index is 0.0513. The van der Waals surface area contributed by atoms with Crippen molar-refractivity contribution in [3.63, 3.8) is 0 Å². The van der Waals surface area contributed by atoms with Crippen LogP contribution < -0.4 is 10.1 Å². The number of hydrogen-bond donors (Lipinski definition) is 1. The molecule has 0 spiro atoms. The van der Waals surface area contributed by atoms with Crippen molar-refractivity contribution in [3.8, 4) is 5.75 Å². The van der Waals surface area contributed by atoms with Crippen LogP contribution in [0.5, 0.6) is 5.75 Å². The average molecular weight is 605 g/mol. The molecule has 1 saturated heterocycles. The van der Waals surface area contributed by atoms with Gasteiger partial charge in [-0.3, -0.25) is 14.4 Å². The molecule has 1 aliphatic rings. The van der Waals surface area contributed by atoms with Crippen LogP contribution in [0.3, 0.4) is 0 Å². The number of β-lactam (4-membered cyclic amide) rings is 1. The van der Waals surface area contributed by atoms with Gasteiger partial charge in [-0.05, 0) is 43.7 Å². The van der Waals surface area contributed by atoms with Gasteiger partial charge in [0.1, 0.15) is 17.2 Å². The number of para-hydroxylation sites is 1. The van der Waals surface area contributed by atoms with E-state index in [1.807, 2.05) is 0 Å². The maximum absolute atomic E-state index is 13.3. The highest BCUT2D eigenvalue weighted by atomic mass is 33.1. The largest absolute Gasteiger partial charge is 0.484 e. The smallest absolute Gasteiger partial charge is 0.355 e. The third-order valence-corrected chi connectivity index (χ3v) is 9.48. The lowest BCUT2D eigenvalue weighted by Crippen LogP contribution is -2.73. The van der Waals surface area contributed by atoms with Crippen LogP contribution in [-0.4, -0.2) is 80.1 Å². The minimum atomic E-state index is -4.11. The molecule has 0 aromatic heterocycles. The van der Waals surface area contributed by atoms with E-state index in [0.717, 1.165) is 18.9 Å². The molecule has 4 atom stereocenters. The summed E-state index contributed by atoms with van der Waals surface area (Å²) < 4.78 is 41.4. The zero-order chi connectivity index (χ0) is 30.3. The highest BCUT2D eigenvalue weighted by Crippen LogP contribution is 2.39. The summed E-state index contributed by atoms with van der Waals surface area (Å²) in [5.41, 5.74) is 0.0513. The zero-order valence-corrected chi connectivity index (χ0v) is 24.0. The van der Waals surface area contributed by atoms with Crippen molar-refractivity contribution < 1.29 is 46.6 Å². The second-order valence-electron chi connectivity index (χ2n) is 8.85. The van der Waals surface area contributed by atoms with Gasteiger partial charge < -0.3 is 24.4 Å². The first-order chi connectivity index (χ1) is 19.4. The van der Waals surface area contributed by atoms with E-state index in [1.54, 1.807) is 36.4 Å². The number of rotatable bonds is 13. The Morgan fingerprint density at radius 1 is 1.00 bits per heavy atom. The van der Waals surface area contributed by atoms with Crippen LogP contribution in [0.2, 0.25) is 0 Å². The van der Waals surface area contributed by atoms with Crippen LogP contribution in [-0.2, 0) is 42.3 Å². The molecule has 0 aliphatic carbocycles. The van der Waals surface area contributed by atoms with Gasteiger partial charge in [-0.2, -0.15) is 0 Å². The number of nitrogens with zero attached hydrogens (tertiary/aromatic N) is 1. The number of hydrogen-bond acceptors (Lipinski definition) is 11. The van der Waals surface area contributed by atoms with Crippen LogP contribution in [0.15, 0.2) is 77.7 Å². The standard InChI is InChI=1S/C27H28N2O10S2/c1-16(2)22(26(33)39-23(17(3)30)27(34)37-4)29-24(32)21(28-20(31)15-38-18-11-7-5-8-12-18)25(29)40-41(35,36)19-13-9-6-10-14-19/h5-14,21-23,25H,1,15H2,2-4H3,(H,28,31). The molecule has 1 fully saturated rings. The number of nitrogens with one attached hydrogen (secondary N) is 1. The topological polar surface area (TPSA) is 162 Å². The molecule has 1 N–H and O–H groups in total. The number of likely N-dealkylation sites (tertiary alicyclic amines) is 1. The van der Waals surface area contributed by atoms with Gasteiger partial charge in [-0.25, -0.2) is 18.0 Å². The summed E-state index contributed by atoms with van der Waals surface area (Å²) in [7, 11) is -2.78. The van der Waals surface area contributed by atoms with E-state index >= 15 is 0 Å². The van der Waals surface area contributed by atoms with Crippen LogP contribution in [0.25, 0.3) is 0 Å². The van der Waals surface area contributed by atoms with Gasteiger partial charge >= 0.3 is 11.9 Å². The van der Waals surface area contributed by atoms with Gasteiger partial charge in [-0.1, -0.05) is 43.0 Å². The quantitative estimate of drug-likeness (QED) is 0.116. The van der Waals surface area contributed by atoms with E-state index in [1.165, 1.54) is 31.2 Å². The number of amides is 2. The van der Waals surface area contributed by atoms with E-state index < -0.39 is 68.6 Å². The Kier molecular flexibility index (Phi) is 10.3. The van der Waals surface area contributed by atoms with Crippen LogP contribution in [0.4, 0.5) is 0 Å². The molecule has 41 heavy (non-hydrogen) atoms. The number of benzene rings is 2. The van der Waals surface area contributed by atoms with Gasteiger partial charge in [0.05, 0.1) is 12.0 Å². The summed E-state index contributed by atoms with van der Waals surface area (Å²) in [6, 6.07) is 12.8. The van der Waals surface area contributed by atoms with Crippen LogP contribution in [0.1, 0.15) is 13.8 Å². The fourth-order valence-electron chi connectivity index (χ4n) is 3.79. The van der Waals surface area contributed by atoms with Gasteiger partial charge in [0, 0.05) is 10.8 Å². The Bertz CT molecular complexity index is 1430. The predicted molar refractivity (Wildman–Crippen MR) is 147 cm³/mol.